The minimum absolute atomic E-state index is 0.0971. The monoisotopic (exact) mass is 385 g/mol. The van der Waals surface area contributed by atoms with Crippen LogP contribution in [-0.2, 0) is 11.3 Å². The van der Waals surface area contributed by atoms with E-state index in [1.54, 1.807) is 18.9 Å². The van der Waals surface area contributed by atoms with E-state index in [1.165, 1.54) is 11.8 Å². The summed E-state index contributed by atoms with van der Waals surface area (Å²) < 4.78 is 11.8. The molecule has 0 fully saturated rings. The number of carbonyl (C=O) groups excluding carboxylic acids is 1. The van der Waals surface area contributed by atoms with Crippen molar-refractivity contribution in [3.8, 4) is 17.2 Å². The van der Waals surface area contributed by atoms with Crippen LogP contribution in [0, 0.1) is 0 Å². The van der Waals surface area contributed by atoms with Crippen LogP contribution in [-0.4, -0.2) is 46.1 Å². The number of hydrogen-bond acceptors (Lipinski definition) is 7. The number of hydrogen-bond donors (Lipinski definition) is 1. The first-order chi connectivity index (χ1) is 13.2. The molecule has 1 N–H and O–H groups in total. The maximum atomic E-state index is 12.1. The molecule has 27 heavy (non-hydrogen) atoms. The lowest BCUT2D eigenvalue weighted by Gasteiger charge is -2.07. The minimum Gasteiger partial charge on any atom is -0.497 e. The molecule has 1 amide bonds. The van der Waals surface area contributed by atoms with Crippen molar-refractivity contribution in [2.75, 3.05) is 20.0 Å². The van der Waals surface area contributed by atoms with Gasteiger partial charge in [0.15, 0.2) is 0 Å². The molecule has 2 aromatic carbocycles. The van der Waals surface area contributed by atoms with E-state index in [0.29, 0.717) is 11.7 Å². The Kier molecular flexibility index (Phi) is 6.26. The maximum Gasteiger partial charge on any atom is 0.230 e. The molecule has 0 radical (unpaired) electrons. The first-order valence-electron chi connectivity index (χ1n) is 8.15. The number of amides is 1. The summed E-state index contributed by atoms with van der Waals surface area (Å²) in [5.41, 5.74) is 1.79. The van der Waals surface area contributed by atoms with Crippen molar-refractivity contribution in [1.29, 1.82) is 0 Å². The van der Waals surface area contributed by atoms with Crippen LogP contribution in [0.5, 0.6) is 11.5 Å². The largest absolute Gasteiger partial charge is 0.497 e. The van der Waals surface area contributed by atoms with E-state index in [0.717, 1.165) is 22.7 Å². The van der Waals surface area contributed by atoms with Crippen LogP contribution in [0.2, 0.25) is 0 Å². The fourth-order valence-electron chi connectivity index (χ4n) is 2.28. The van der Waals surface area contributed by atoms with Crippen LogP contribution < -0.4 is 14.8 Å². The third-order valence-electron chi connectivity index (χ3n) is 3.74. The lowest BCUT2D eigenvalue weighted by Crippen LogP contribution is -2.24. The van der Waals surface area contributed by atoms with E-state index < -0.39 is 0 Å². The third-order valence-corrected chi connectivity index (χ3v) is 4.66. The van der Waals surface area contributed by atoms with E-state index in [4.69, 9.17) is 9.47 Å². The summed E-state index contributed by atoms with van der Waals surface area (Å²) in [6.07, 6.45) is 0. The summed E-state index contributed by atoms with van der Waals surface area (Å²) in [7, 11) is 3.23. The normalized spacial score (nSPS) is 10.4. The molecular formula is C18H19N5O3S. The number of benzene rings is 2. The summed E-state index contributed by atoms with van der Waals surface area (Å²) in [5, 5.41) is 15.1. The van der Waals surface area contributed by atoms with Gasteiger partial charge in [0.2, 0.25) is 11.1 Å². The van der Waals surface area contributed by atoms with E-state index in [9.17, 15) is 4.79 Å². The Morgan fingerprint density at radius 3 is 2.30 bits per heavy atom. The van der Waals surface area contributed by atoms with Crippen LogP contribution >= 0.6 is 11.8 Å². The van der Waals surface area contributed by atoms with Gasteiger partial charge >= 0.3 is 0 Å². The van der Waals surface area contributed by atoms with E-state index in [2.05, 4.69) is 20.8 Å². The maximum absolute atomic E-state index is 12.1. The smallest absolute Gasteiger partial charge is 0.230 e. The van der Waals surface area contributed by atoms with Crippen LogP contribution in [0.4, 0.5) is 0 Å². The van der Waals surface area contributed by atoms with Crippen molar-refractivity contribution >= 4 is 17.7 Å². The van der Waals surface area contributed by atoms with Crippen molar-refractivity contribution in [1.82, 2.24) is 25.5 Å². The molecule has 0 aliphatic heterocycles. The Morgan fingerprint density at radius 2 is 1.67 bits per heavy atom. The van der Waals surface area contributed by atoms with Gasteiger partial charge in [-0.05, 0) is 52.4 Å². The highest BCUT2D eigenvalue weighted by molar-refractivity contribution is 7.99. The molecule has 3 rings (SSSR count). The highest BCUT2D eigenvalue weighted by atomic mass is 32.2. The van der Waals surface area contributed by atoms with Gasteiger partial charge in [0.25, 0.3) is 0 Å². The molecule has 3 aromatic rings. The first-order valence-corrected chi connectivity index (χ1v) is 9.13. The summed E-state index contributed by atoms with van der Waals surface area (Å²) in [5.74, 6) is 1.65. The van der Waals surface area contributed by atoms with Crippen LogP contribution in [0.25, 0.3) is 5.69 Å². The Bertz CT molecular complexity index is 881. The second-order valence-corrected chi connectivity index (χ2v) is 6.43. The summed E-state index contributed by atoms with van der Waals surface area (Å²) in [6.45, 7) is 0.451. The van der Waals surface area contributed by atoms with Gasteiger partial charge in [-0.2, -0.15) is 4.68 Å². The zero-order chi connectivity index (χ0) is 19.1. The standard InChI is InChI=1S/C18H19N5O3S/c1-25-15-7-3-13(4-8-15)11-19-17(24)12-27-18-20-21-22-23(18)14-5-9-16(26-2)10-6-14/h3-10H,11-12H2,1-2H3,(H,19,24). The molecule has 1 aromatic heterocycles. The number of nitrogens with zero attached hydrogens (tertiary/aromatic N) is 4. The topological polar surface area (TPSA) is 91.2 Å². The molecule has 0 spiro atoms. The van der Waals surface area contributed by atoms with Crippen molar-refractivity contribution in [3.63, 3.8) is 0 Å². The number of thioether (sulfide) groups is 1. The Hall–Kier alpha value is -3.07. The second kappa shape index (κ2) is 9.04. The molecule has 0 aliphatic carbocycles. The predicted octanol–water partition coefficient (Wildman–Crippen LogP) is 2.09. The second-order valence-electron chi connectivity index (χ2n) is 5.48. The van der Waals surface area contributed by atoms with Gasteiger partial charge in [-0.25, -0.2) is 0 Å². The van der Waals surface area contributed by atoms with Crippen molar-refractivity contribution < 1.29 is 14.3 Å². The van der Waals surface area contributed by atoms with Gasteiger partial charge in [-0.3, -0.25) is 4.79 Å². The van der Waals surface area contributed by atoms with Crippen molar-refractivity contribution in [3.05, 3.63) is 54.1 Å². The minimum atomic E-state index is -0.0971. The Balaban J connectivity index is 1.53. The molecule has 0 aliphatic rings. The van der Waals surface area contributed by atoms with Gasteiger partial charge in [-0.15, -0.1) is 5.10 Å². The fraction of sp³-hybridized carbons (Fsp3) is 0.222. The Morgan fingerprint density at radius 1 is 1.04 bits per heavy atom. The molecule has 140 valence electrons. The van der Waals surface area contributed by atoms with Crippen LogP contribution in [0.3, 0.4) is 0 Å². The number of rotatable bonds is 8. The highest BCUT2D eigenvalue weighted by Gasteiger charge is 2.11. The van der Waals surface area contributed by atoms with E-state index in [-0.39, 0.29) is 11.7 Å². The molecule has 1 heterocycles. The molecule has 0 bridgehead atoms. The average Bonchev–Trinajstić information content (AvgIpc) is 3.19. The van der Waals surface area contributed by atoms with Gasteiger partial charge in [0.05, 0.1) is 25.7 Å². The molecular weight excluding hydrogens is 366 g/mol. The fourth-order valence-corrected chi connectivity index (χ4v) is 3.00. The van der Waals surface area contributed by atoms with Crippen molar-refractivity contribution in [2.45, 2.75) is 11.7 Å². The van der Waals surface area contributed by atoms with E-state index >= 15 is 0 Å². The van der Waals surface area contributed by atoms with Gasteiger partial charge < -0.3 is 14.8 Å². The summed E-state index contributed by atoms with van der Waals surface area (Å²) in [4.78, 5) is 12.1. The van der Waals surface area contributed by atoms with Crippen LogP contribution in [0.15, 0.2) is 53.7 Å². The van der Waals surface area contributed by atoms with Gasteiger partial charge in [0.1, 0.15) is 11.5 Å². The number of methoxy groups -OCH3 is 2. The van der Waals surface area contributed by atoms with Gasteiger partial charge in [0, 0.05) is 6.54 Å². The Labute approximate surface area is 160 Å². The molecule has 0 saturated heterocycles. The lowest BCUT2D eigenvalue weighted by molar-refractivity contribution is -0.118. The van der Waals surface area contributed by atoms with Crippen LogP contribution in [0.1, 0.15) is 5.56 Å². The number of carbonyl (C=O) groups is 1. The first kappa shape index (κ1) is 18.7. The number of ether oxygens (including phenoxy) is 2. The predicted molar refractivity (Wildman–Crippen MR) is 101 cm³/mol. The SMILES string of the molecule is COc1ccc(CNC(=O)CSc2nnnn2-c2ccc(OC)cc2)cc1. The summed E-state index contributed by atoms with van der Waals surface area (Å²) in [6, 6.07) is 14.9. The summed E-state index contributed by atoms with van der Waals surface area (Å²) >= 11 is 1.27. The number of tetrazole rings is 1. The number of aromatic nitrogens is 4. The highest BCUT2D eigenvalue weighted by Crippen LogP contribution is 2.20. The average molecular weight is 385 g/mol. The lowest BCUT2D eigenvalue weighted by atomic mass is 10.2. The zero-order valence-corrected chi connectivity index (χ0v) is 15.8. The molecule has 0 saturated carbocycles. The van der Waals surface area contributed by atoms with Gasteiger partial charge in [-0.1, -0.05) is 23.9 Å². The molecule has 8 nitrogen and oxygen atoms in total. The quantitative estimate of drug-likeness (QED) is 0.594. The molecule has 0 atom stereocenters. The zero-order valence-electron chi connectivity index (χ0n) is 15.0. The molecule has 0 unspecified atom stereocenters. The van der Waals surface area contributed by atoms with E-state index in [1.807, 2.05) is 48.5 Å². The van der Waals surface area contributed by atoms with Crippen molar-refractivity contribution in [2.24, 2.45) is 0 Å². The molecule has 9 heteroatoms. The third kappa shape index (κ3) is 4.98. The number of nitrogens with one attached hydrogen (secondary N) is 1.